The Bertz CT molecular complexity index is 655. The van der Waals surface area contributed by atoms with E-state index in [1.165, 1.54) is 19.3 Å². The van der Waals surface area contributed by atoms with E-state index < -0.39 is 0 Å². The zero-order chi connectivity index (χ0) is 15.6. The second-order valence-electron chi connectivity index (χ2n) is 8.31. The first-order valence-corrected chi connectivity index (χ1v) is 8.96. The fraction of sp³-hybridized carbons (Fsp3) is 0.600. The van der Waals surface area contributed by atoms with E-state index in [9.17, 15) is 9.59 Å². The Morgan fingerprint density at radius 1 is 1.04 bits per heavy atom. The van der Waals surface area contributed by atoms with Crippen LogP contribution in [0.3, 0.4) is 0 Å². The van der Waals surface area contributed by atoms with Crippen molar-refractivity contribution < 1.29 is 14.3 Å². The summed E-state index contributed by atoms with van der Waals surface area (Å²) in [6.07, 6.45) is 7.28. The lowest BCUT2D eigenvalue weighted by Crippen LogP contribution is -2.50. The van der Waals surface area contributed by atoms with Crippen LogP contribution in [0.25, 0.3) is 0 Å². The average molecular weight is 310 g/mol. The maximum Gasteiger partial charge on any atom is 0.339 e. The maximum atomic E-state index is 13.2. The SMILES string of the molecule is O=C1OC(CC(=O)C23CC4CC(CC(C4)C2)C3)c2ccccc21. The summed E-state index contributed by atoms with van der Waals surface area (Å²) in [5.74, 6) is 2.38. The van der Waals surface area contributed by atoms with E-state index in [0.29, 0.717) is 17.8 Å². The van der Waals surface area contributed by atoms with Crippen molar-refractivity contribution in [1.82, 2.24) is 0 Å². The van der Waals surface area contributed by atoms with E-state index in [0.717, 1.165) is 42.6 Å². The number of carbonyl (C=O) groups is 2. The highest BCUT2D eigenvalue weighted by atomic mass is 16.5. The smallest absolute Gasteiger partial charge is 0.339 e. The highest BCUT2D eigenvalue weighted by molar-refractivity contribution is 5.95. The Morgan fingerprint density at radius 2 is 1.65 bits per heavy atom. The van der Waals surface area contributed by atoms with E-state index in [1.54, 1.807) is 6.07 Å². The topological polar surface area (TPSA) is 43.4 Å². The quantitative estimate of drug-likeness (QED) is 0.790. The van der Waals surface area contributed by atoms with Gasteiger partial charge in [0.05, 0.1) is 5.56 Å². The minimum atomic E-state index is -0.362. The zero-order valence-electron chi connectivity index (χ0n) is 13.3. The van der Waals surface area contributed by atoms with Crippen LogP contribution < -0.4 is 0 Å². The maximum absolute atomic E-state index is 13.2. The van der Waals surface area contributed by atoms with E-state index in [1.807, 2.05) is 18.2 Å². The number of carbonyl (C=O) groups excluding carboxylic acids is 2. The highest BCUT2D eigenvalue weighted by Gasteiger charge is 2.54. The molecule has 6 rings (SSSR count). The van der Waals surface area contributed by atoms with Crippen LogP contribution in [-0.2, 0) is 9.53 Å². The minimum absolute atomic E-state index is 0.0985. The zero-order valence-corrected chi connectivity index (χ0v) is 13.3. The summed E-state index contributed by atoms with van der Waals surface area (Å²) in [5.41, 5.74) is 1.44. The van der Waals surface area contributed by atoms with Crippen molar-refractivity contribution in [2.24, 2.45) is 23.2 Å². The summed E-state index contributed by atoms with van der Waals surface area (Å²) < 4.78 is 5.51. The van der Waals surface area contributed by atoms with Crippen LogP contribution in [0, 0.1) is 23.2 Å². The lowest BCUT2D eigenvalue weighted by atomic mass is 9.48. The van der Waals surface area contributed by atoms with Gasteiger partial charge >= 0.3 is 5.97 Å². The molecule has 1 atom stereocenters. The molecule has 0 aromatic heterocycles. The van der Waals surface area contributed by atoms with Crippen LogP contribution >= 0.6 is 0 Å². The van der Waals surface area contributed by atoms with Crippen molar-refractivity contribution in [3.05, 3.63) is 35.4 Å². The highest BCUT2D eigenvalue weighted by Crippen LogP contribution is 2.61. The van der Waals surface area contributed by atoms with Crippen molar-refractivity contribution >= 4 is 11.8 Å². The molecule has 4 bridgehead atoms. The first-order valence-electron chi connectivity index (χ1n) is 8.96. The van der Waals surface area contributed by atoms with Gasteiger partial charge in [0.1, 0.15) is 11.9 Å². The lowest BCUT2D eigenvalue weighted by Gasteiger charge is -2.56. The summed E-state index contributed by atoms with van der Waals surface area (Å²) in [4.78, 5) is 25.1. The van der Waals surface area contributed by atoms with Crippen LogP contribution in [0.5, 0.6) is 0 Å². The molecule has 5 aliphatic rings. The fourth-order valence-electron chi connectivity index (χ4n) is 6.21. The summed E-state index contributed by atoms with van der Waals surface area (Å²) in [6, 6.07) is 7.50. The molecular weight excluding hydrogens is 288 g/mol. The van der Waals surface area contributed by atoms with Crippen molar-refractivity contribution in [3.63, 3.8) is 0 Å². The van der Waals surface area contributed by atoms with Crippen molar-refractivity contribution in [2.75, 3.05) is 0 Å². The molecular formula is C20H22O3. The van der Waals surface area contributed by atoms with Gasteiger partial charge in [0.2, 0.25) is 0 Å². The summed E-state index contributed by atoms with van der Waals surface area (Å²) in [7, 11) is 0. The standard InChI is InChI=1S/C20H22O3/c21-18(8-17-15-3-1-2-4-16(15)19(22)23-17)20-9-12-5-13(10-20)7-14(6-12)11-20/h1-4,12-14,17H,5-11H2. The molecule has 1 aliphatic heterocycles. The average Bonchev–Trinajstić information content (AvgIpc) is 2.83. The van der Waals surface area contributed by atoms with E-state index in [4.69, 9.17) is 4.74 Å². The molecule has 1 aromatic rings. The number of benzene rings is 1. The van der Waals surface area contributed by atoms with Gasteiger partial charge in [0, 0.05) is 17.4 Å². The van der Waals surface area contributed by atoms with Crippen molar-refractivity contribution in [1.29, 1.82) is 0 Å². The largest absolute Gasteiger partial charge is 0.453 e. The number of ketones is 1. The molecule has 0 radical (unpaired) electrons. The van der Waals surface area contributed by atoms with E-state index in [-0.39, 0.29) is 17.5 Å². The molecule has 0 spiro atoms. The van der Waals surface area contributed by atoms with Crippen LogP contribution in [0.2, 0.25) is 0 Å². The van der Waals surface area contributed by atoms with E-state index in [2.05, 4.69) is 0 Å². The number of ether oxygens (including phenoxy) is 1. The van der Waals surface area contributed by atoms with Crippen LogP contribution in [0.4, 0.5) is 0 Å². The molecule has 1 unspecified atom stereocenters. The molecule has 0 saturated heterocycles. The first-order chi connectivity index (χ1) is 11.1. The van der Waals surface area contributed by atoms with Gasteiger partial charge in [-0.2, -0.15) is 0 Å². The Kier molecular flexibility index (Phi) is 2.80. The Morgan fingerprint density at radius 3 is 2.30 bits per heavy atom. The van der Waals surface area contributed by atoms with Crippen LogP contribution in [0.15, 0.2) is 24.3 Å². The molecule has 120 valence electrons. The van der Waals surface area contributed by atoms with Gasteiger partial charge in [0.25, 0.3) is 0 Å². The van der Waals surface area contributed by atoms with Gasteiger partial charge < -0.3 is 4.74 Å². The third kappa shape index (κ3) is 2.02. The number of esters is 1. The predicted octanol–water partition coefficient (Wildman–Crippen LogP) is 4.07. The second kappa shape index (κ2) is 4.68. The Hall–Kier alpha value is -1.64. The molecule has 0 amide bonds. The number of hydrogen-bond donors (Lipinski definition) is 0. The Balaban J connectivity index is 1.40. The van der Waals surface area contributed by atoms with Gasteiger partial charge in [-0.25, -0.2) is 4.79 Å². The third-order valence-corrected chi connectivity index (χ3v) is 6.78. The lowest BCUT2D eigenvalue weighted by molar-refractivity contribution is -0.145. The summed E-state index contributed by atoms with van der Waals surface area (Å²) in [5, 5.41) is 0. The van der Waals surface area contributed by atoms with Crippen molar-refractivity contribution in [2.45, 2.75) is 51.0 Å². The van der Waals surface area contributed by atoms with Gasteiger partial charge in [-0.15, -0.1) is 0 Å². The van der Waals surface area contributed by atoms with E-state index >= 15 is 0 Å². The molecule has 4 saturated carbocycles. The van der Waals surface area contributed by atoms with Gasteiger partial charge in [-0.3, -0.25) is 4.79 Å². The number of fused-ring (bicyclic) bond motifs is 1. The fourth-order valence-corrected chi connectivity index (χ4v) is 6.21. The van der Waals surface area contributed by atoms with Crippen LogP contribution in [0.1, 0.15) is 67.0 Å². The van der Waals surface area contributed by atoms with Crippen LogP contribution in [-0.4, -0.2) is 11.8 Å². The molecule has 1 aromatic carbocycles. The minimum Gasteiger partial charge on any atom is -0.453 e. The predicted molar refractivity (Wildman–Crippen MR) is 84.8 cm³/mol. The molecule has 4 aliphatic carbocycles. The normalized spacial score (nSPS) is 40.1. The number of Topliss-reactive ketones (excluding diaryl/α,β-unsaturated/α-hetero) is 1. The van der Waals surface area contributed by atoms with Gasteiger partial charge in [-0.05, 0) is 62.3 Å². The Labute approximate surface area is 136 Å². The third-order valence-electron chi connectivity index (χ3n) is 6.78. The number of cyclic esters (lactones) is 1. The molecule has 3 nitrogen and oxygen atoms in total. The summed E-state index contributed by atoms with van der Waals surface area (Å²) >= 11 is 0. The second-order valence-corrected chi connectivity index (χ2v) is 8.31. The molecule has 4 fully saturated rings. The van der Waals surface area contributed by atoms with Gasteiger partial charge in [0.15, 0.2) is 0 Å². The monoisotopic (exact) mass is 310 g/mol. The van der Waals surface area contributed by atoms with Gasteiger partial charge in [-0.1, -0.05) is 18.2 Å². The summed E-state index contributed by atoms with van der Waals surface area (Å²) in [6.45, 7) is 0. The number of rotatable bonds is 3. The molecule has 0 N–H and O–H groups in total. The first kappa shape index (κ1) is 13.8. The number of hydrogen-bond acceptors (Lipinski definition) is 3. The molecule has 23 heavy (non-hydrogen) atoms. The molecule has 1 heterocycles. The molecule has 3 heteroatoms. The van der Waals surface area contributed by atoms with Crippen molar-refractivity contribution in [3.8, 4) is 0 Å².